The van der Waals surface area contributed by atoms with Crippen LogP contribution in [0, 0.1) is 5.41 Å². The molecule has 3 aromatic rings. The zero-order valence-corrected chi connectivity index (χ0v) is 14.8. The number of nitrogens with zero attached hydrogens (tertiary/aromatic N) is 1. The minimum absolute atomic E-state index is 0.118. The van der Waals surface area contributed by atoms with Gasteiger partial charge in [-0.2, -0.15) is 0 Å². The summed E-state index contributed by atoms with van der Waals surface area (Å²) < 4.78 is 5.64. The van der Waals surface area contributed by atoms with E-state index in [2.05, 4.69) is 15.6 Å². The first-order chi connectivity index (χ1) is 12.7. The molecular formula is C19H18N4O2S. The van der Waals surface area contributed by atoms with Crippen LogP contribution in [0.15, 0.2) is 66.2 Å². The summed E-state index contributed by atoms with van der Waals surface area (Å²) in [6.07, 6.45) is 1.60. The Labute approximate surface area is 155 Å². The van der Waals surface area contributed by atoms with Crippen molar-refractivity contribution in [1.82, 2.24) is 4.98 Å². The average molecular weight is 366 g/mol. The minimum Gasteiger partial charge on any atom is -0.492 e. The first-order valence-corrected chi connectivity index (χ1v) is 8.92. The molecule has 0 fully saturated rings. The van der Waals surface area contributed by atoms with Gasteiger partial charge < -0.3 is 10.1 Å². The molecule has 2 aromatic carbocycles. The van der Waals surface area contributed by atoms with Crippen molar-refractivity contribution in [3.8, 4) is 5.75 Å². The third-order valence-electron chi connectivity index (χ3n) is 3.51. The summed E-state index contributed by atoms with van der Waals surface area (Å²) in [5.74, 6) is 0.313. The van der Waals surface area contributed by atoms with Crippen LogP contribution in [-0.4, -0.2) is 29.8 Å². The normalized spacial score (nSPS) is 10.2. The molecule has 0 spiro atoms. The van der Waals surface area contributed by atoms with Gasteiger partial charge in [-0.15, -0.1) is 11.3 Å². The molecule has 0 saturated carbocycles. The smallest absolute Gasteiger partial charge is 0.276 e. The van der Waals surface area contributed by atoms with Gasteiger partial charge in [-0.05, 0) is 18.2 Å². The number of amides is 1. The summed E-state index contributed by atoms with van der Waals surface area (Å²) in [6, 6.07) is 16.8. The number of anilines is 2. The van der Waals surface area contributed by atoms with Crippen LogP contribution in [0.25, 0.3) is 0 Å². The van der Waals surface area contributed by atoms with Gasteiger partial charge in [-0.1, -0.05) is 36.4 Å². The summed E-state index contributed by atoms with van der Waals surface area (Å²) in [5, 5.41) is 16.3. The lowest BCUT2D eigenvalue weighted by Crippen LogP contribution is -2.24. The number of hydrogen-bond donors (Lipinski definition) is 3. The van der Waals surface area contributed by atoms with Crippen LogP contribution < -0.4 is 15.4 Å². The van der Waals surface area contributed by atoms with Crippen LogP contribution in [0.2, 0.25) is 0 Å². The highest BCUT2D eigenvalue weighted by Crippen LogP contribution is 2.17. The van der Waals surface area contributed by atoms with Gasteiger partial charge in [-0.25, -0.2) is 4.98 Å². The Balaban J connectivity index is 1.58. The fourth-order valence-electron chi connectivity index (χ4n) is 2.29. The number of thiazole rings is 1. The Morgan fingerprint density at radius 3 is 2.65 bits per heavy atom. The van der Waals surface area contributed by atoms with Gasteiger partial charge in [-0.3, -0.25) is 15.5 Å². The maximum atomic E-state index is 12.3. The number of benzene rings is 2. The topological polar surface area (TPSA) is 87.1 Å². The molecule has 0 saturated heterocycles. The second-order valence-electron chi connectivity index (χ2n) is 5.30. The van der Waals surface area contributed by atoms with Gasteiger partial charge in [0.25, 0.3) is 5.91 Å². The average Bonchev–Trinajstić information content (AvgIpc) is 3.19. The maximum Gasteiger partial charge on any atom is 0.276 e. The molecule has 0 aliphatic carbocycles. The van der Waals surface area contributed by atoms with Crippen molar-refractivity contribution >= 4 is 33.8 Å². The third kappa shape index (κ3) is 4.67. The predicted molar refractivity (Wildman–Crippen MR) is 104 cm³/mol. The molecule has 1 amide bonds. The van der Waals surface area contributed by atoms with Gasteiger partial charge in [0.05, 0.1) is 0 Å². The SMILES string of the molecule is N=C(C(=O)Nc1nccs1)c1ccccc1NCCOc1ccccc1. The highest BCUT2D eigenvalue weighted by molar-refractivity contribution is 7.13. The van der Waals surface area contributed by atoms with E-state index in [4.69, 9.17) is 10.1 Å². The second-order valence-corrected chi connectivity index (χ2v) is 6.19. The van der Waals surface area contributed by atoms with E-state index in [-0.39, 0.29) is 5.71 Å². The summed E-state index contributed by atoms with van der Waals surface area (Å²) >= 11 is 1.31. The number of rotatable bonds is 8. The summed E-state index contributed by atoms with van der Waals surface area (Å²) in [7, 11) is 0. The van der Waals surface area contributed by atoms with E-state index in [0.717, 1.165) is 5.75 Å². The number of carbonyl (C=O) groups excluding carboxylic acids is 1. The first kappa shape index (κ1) is 17.6. The van der Waals surface area contributed by atoms with E-state index in [1.807, 2.05) is 42.5 Å². The molecule has 0 aliphatic rings. The van der Waals surface area contributed by atoms with Gasteiger partial charge in [0.1, 0.15) is 18.1 Å². The van der Waals surface area contributed by atoms with Gasteiger partial charge in [0, 0.05) is 29.4 Å². The fraction of sp³-hybridized carbons (Fsp3) is 0.105. The Hall–Kier alpha value is -3.19. The lowest BCUT2D eigenvalue weighted by atomic mass is 10.1. The van der Waals surface area contributed by atoms with E-state index in [0.29, 0.717) is 29.5 Å². The van der Waals surface area contributed by atoms with Gasteiger partial charge in [0.2, 0.25) is 0 Å². The highest BCUT2D eigenvalue weighted by atomic mass is 32.1. The third-order valence-corrected chi connectivity index (χ3v) is 4.19. The van der Waals surface area contributed by atoms with Crippen molar-refractivity contribution in [2.45, 2.75) is 0 Å². The number of aromatic nitrogens is 1. The van der Waals surface area contributed by atoms with Crippen molar-refractivity contribution < 1.29 is 9.53 Å². The molecule has 7 heteroatoms. The Bertz CT molecular complexity index is 866. The van der Waals surface area contributed by atoms with Crippen molar-refractivity contribution in [2.24, 2.45) is 0 Å². The van der Waals surface area contributed by atoms with Crippen LogP contribution in [0.4, 0.5) is 10.8 Å². The summed E-state index contributed by atoms with van der Waals surface area (Å²) in [4.78, 5) is 16.3. The van der Waals surface area contributed by atoms with Crippen LogP contribution in [0.3, 0.4) is 0 Å². The largest absolute Gasteiger partial charge is 0.492 e. The maximum absolute atomic E-state index is 12.3. The van der Waals surface area contributed by atoms with Crippen LogP contribution in [-0.2, 0) is 4.79 Å². The van der Waals surface area contributed by atoms with Crippen molar-refractivity contribution in [2.75, 3.05) is 23.8 Å². The van der Waals surface area contributed by atoms with Crippen LogP contribution >= 0.6 is 11.3 Å². The summed E-state index contributed by atoms with van der Waals surface area (Å²) in [5.41, 5.74) is 1.12. The van der Waals surface area contributed by atoms with Crippen LogP contribution in [0.1, 0.15) is 5.56 Å². The monoisotopic (exact) mass is 366 g/mol. The van der Waals surface area contributed by atoms with Gasteiger partial charge >= 0.3 is 0 Å². The molecule has 3 N–H and O–H groups in total. The lowest BCUT2D eigenvalue weighted by molar-refractivity contribution is -0.110. The zero-order chi connectivity index (χ0) is 18.2. The van der Waals surface area contributed by atoms with E-state index in [9.17, 15) is 4.79 Å². The minimum atomic E-state index is -0.491. The molecule has 0 radical (unpaired) electrons. The van der Waals surface area contributed by atoms with E-state index in [1.165, 1.54) is 11.3 Å². The quantitative estimate of drug-likeness (QED) is 0.420. The number of ether oxygens (including phenoxy) is 1. The first-order valence-electron chi connectivity index (χ1n) is 8.04. The van der Waals surface area contributed by atoms with E-state index in [1.54, 1.807) is 23.7 Å². The molecule has 0 unspecified atom stereocenters. The van der Waals surface area contributed by atoms with E-state index < -0.39 is 5.91 Å². The predicted octanol–water partition coefficient (Wildman–Crippen LogP) is 3.64. The molecule has 0 atom stereocenters. The Morgan fingerprint density at radius 1 is 1.12 bits per heavy atom. The zero-order valence-electron chi connectivity index (χ0n) is 13.9. The van der Waals surface area contributed by atoms with Crippen LogP contribution in [0.5, 0.6) is 5.75 Å². The Morgan fingerprint density at radius 2 is 1.88 bits per heavy atom. The molecule has 0 aliphatic heterocycles. The number of nitrogens with one attached hydrogen (secondary N) is 3. The van der Waals surface area contributed by atoms with Crippen molar-refractivity contribution in [3.05, 3.63) is 71.7 Å². The molecule has 3 rings (SSSR count). The molecule has 132 valence electrons. The number of hydrogen-bond acceptors (Lipinski definition) is 6. The van der Waals surface area contributed by atoms with Gasteiger partial charge in [0.15, 0.2) is 5.13 Å². The molecular weight excluding hydrogens is 348 g/mol. The molecule has 26 heavy (non-hydrogen) atoms. The molecule has 1 aromatic heterocycles. The number of carbonyl (C=O) groups is 1. The van der Waals surface area contributed by atoms with Crippen molar-refractivity contribution in [3.63, 3.8) is 0 Å². The van der Waals surface area contributed by atoms with E-state index >= 15 is 0 Å². The standard InChI is InChI=1S/C19H18N4O2S/c20-17(18(24)23-19-22-11-13-26-19)15-8-4-5-9-16(15)21-10-12-25-14-6-2-1-3-7-14/h1-9,11,13,20-21H,10,12H2,(H,22,23,24). The van der Waals surface area contributed by atoms with Crippen molar-refractivity contribution in [1.29, 1.82) is 5.41 Å². The fourth-order valence-corrected chi connectivity index (χ4v) is 2.82. The molecule has 0 bridgehead atoms. The molecule has 6 nitrogen and oxygen atoms in total. The summed E-state index contributed by atoms with van der Waals surface area (Å²) in [6.45, 7) is 1.02. The molecule has 1 heterocycles. The lowest BCUT2D eigenvalue weighted by Gasteiger charge is -2.13. The highest BCUT2D eigenvalue weighted by Gasteiger charge is 2.16. The Kier molecular flexibility index (Phi) is 5.95. The second kappa shape index (κ2) is 8.77. The number of para-hydroxylation sites is 2.